The fourth-order valence-corrected chi connectivity index (χ4v) is 13.2. The number of benzene rings is 8. The molecular formula is C49H35N4SSi+. The minimum Gasteiger partial charge on any atom is -0.322 e. The van der Waals surface area contributed by atoms with Gasteiger partial charge in [0, 0.05) is 22.1 Å². The standard InChI is InChI=1S/C49H35N4SSi/c1-3-16-35(17-4-1)38-22-11-15-34(31-38)33-53-48(40-24-12-23-39(32-40)36-18-5-2-6-19-36)51-49(52-53)50-43-27-13-20-37-21-14-28-44(47(37)43)54-55-45-29-9-7-25-41(45)42-26-8-10-30-46(42)55/h1-32H,33H2,(H,50,52)/q+1. The van der Waals surface area contributed by atoms with Crippen molar-refractivity contribution in [2.24, 2.45) is 0 Å². The lowest BCUT2D eigenvalue weighted by Gasteiger charge is -2.10. The molecule has 55 heavy (non-hydrogen) atoms. The van der Waals surface area contributed by atoms with Gasteiger partial charge in [-0.2, -0.15) is 4.98 Å². The molecular weight excluding hydrogens is 705 g/mol. The SMILES string of the molecule is c1ccc(-c2cccc(Cn3nc(Nc4cccc5cccc(S[Si+]6c7ccccc7-c7ccccc76)c45)nc3-c3cccc(-c4ccccc4)c3)c2)cc1. The first kappa shape index (κ1) is 33.1. The Morgan fingerprint density at radius 2 is 1.07 bits per heavy atom. The number of rotatable bonds is 9. The molecule has 0 saturated heterocycles. The van der Waals surface area contributed by atoms with Crippen molar-refractivity contribution >= 4 is 51.9 Å². The molecule has 4 nitrogen and oxygen atoms in total. The molecule has 0 atom stereocenters. The van der Waals surface area contributed by atoms with Crippen molar-refractivity contribution in [2.45, 2.75) is 11.4 Å². The smallest absolute Gasteiger partial charge is 0.322 e. The number of anilines is 2. The lowest BCUT2D eigenvalue weighted by Crippen LogP contribution is -2.34. The van der Waals surface area contributed by atoms with Crippen LogP contribution < -0.4 is 15.7 Å². The van der Waals surface area contributed by atoms with Gasteiger partial charge in [0.1, 0.15) is 10.4 Å². The van der Waals surface area contributed by atoms with Crippen LogP contribution in [0.4, 0.5) is 11.6 Å². The Hall–Kier alpha value is -6.47. The van der Waals surface area contributed by atoms with Gasteiger partial charge in [0.05, 0.1) is 28.3 Å². The van der Waals surface area contributed by atoms with E-state index >= 15 is 0 Å². The van der Waals surface area contributed by atoms with Crippen molar-refractivity contribution in [3.05, 3.63) is 200 Å². The second kappa shape index (κ2) is 14.4. The van der Waals surface area contributed by atoms with Gasteiger partial charge in [-0.25, -0.2) is 4.68 Å². The summed E-state index contributed by atoms with van der Waals surface area (Å²) in [7, 11) is -1.13. The summed E-state index contributed by atoms with van der Waals surface area (Å²) in [6.07, 6.45) is 0. The second-order valence-electron chi connectivity index (χ2n) is 13.7. The fourth-order valence-electron chi connectivity index (χ4n) is 7.65. The monoisotopic (exact) mass is 739 g/mol. The van der Waals surface area contributed by atoms with Crippen molar-refractivity contribution < 1.29 is 0 Å². The molecule has 2 heterocycles. The average molecular weight is 740 g/mol. The zero-order chi connectivity index (χ0) is 36.6. The first-order valence-electron chi connectivity index (χ1n) is 18.5. The van der Waals surface area contributed by atoms with Crippen LogP contribution in [0.15, 0.2) is 199 Å². The van der Waals surface area contributed by atoms with Crippen LogP contribution >= 0.6 is 11.2 Å². The summed E-state index contributed by atoms with van der Waals surface area (Å²) in [5, 5.41) is 14.2. The number of nitrogens with zero attached hydrogens (tertiary/aromatic N) is 3. The highest BCUT2D eigenvalue weighted by molar-refractivity contribution is 8.28. The minimum absolute atomic E-state index is 0.567. The molecule has 260 valence electrons. The third-order valence-corrected chi connectivity index (χ3v) is 15.4. The fraction of sp³-hybridized carbons (Fsp3) is 0.0204. The highest BCUT2D eigenvalue weighted by Crippen LogP contribution is 2.38. The van der Waals surface area contributed by atoms with Crippen molar-refractivity contribution in [2.75, 3.05) is 5.32 Å². The van der Waals surface area contributed by atoms with E-state index in [4.69, 9.17) is 10.1 Å². The molecule has 0 spiro atoms. The highest BCUT2D eigenvalue weighted by Gasteiger charge is 2.46. The van der Waals surface area contributed by atoms with Crippen LogP contribution in [0.3, 0.4) is 0 Å². The van der Waals surface area contributed by atoms with Crippen molar-refractivity contribution in [3.63, 3.8) is 0 Å². The molecule has 6 heteroatoms. The summed E-state index contributed by atoms with van der Waals surface area (Å²) in [5.41, 5.74) is 10.6. The third-order valence-electron chi connectivity index (χ3n) is 10.2. The maximum Gasteiger partial charge on any atom is 0.469 e. The average Bonchev–Trinajstić information content (AvgIpc) is 3.79. The minimum atomic E-state index is -1.13. The van der Waals surface area contributed by atoms with Gasteiger partial charge in [-0.3, -0.25) is 0 Å². The van der Waals surface area contributed by atoms with E-state index in [-0.39, 0.29) is 0 Å². The molecule has 0 amide bonds. The summed E-state index contributed by atoms with van der Waals surface area (Å²) in [6, 6.07) is 69.3. The van der Waals surface area contributed by atoms with Crippen LogP contribution in [0, 0.1) is 0 Å². The Balaban J connectivity index is 1.05. The second-order valence-corrected chi connectivity index (χ2v) is 18.0. The molecule has 0 bridgehead atoms. The molecule has 0 aliphatic carbocycles. The van der Waals surface area contributed by atoms with Crippen LogP contribution in [0.5, 0.6) is 0 Å². The number of nitrogens with one attached hydrogen (secondary N) is 1. The molecule has 0 saturated carbocycles. The molecule has 0 fully saturated rings. The topological polar surface area (TPSA) is 42.7 Å². The van der Waals surface area contributed by atoms with E-state index in [0.29, 0.717) is 12.5 Å². The maximum absolute atomic E-state index is 5.23. The molecule has 1 N–H and O–H groups in total. The summed E-state index contributed by atoms with van der Waals surface area (Å²) < 4.78 is 2.04. The van der Waals surface area contributed by atoms with Crippen LogP contribution in [0.1, 0.15) is 5.56 Å². The van der Waals surface area contributed by atoms with E-state index < -0.39 is 7.95 Å². The van der Waals surface area contributed by atoms with Crippen molar-refractivity contribution in [1.82, 2.24) is 14.8 Å². The molecule has 0 radical (unpaired) electrons. The van der Waals surface area contributed by atoms with E-state index in [1.54, 1.807) is 0 Å². The molecule has 10 rings (SSSR count). The predicted octanol–water partition coefficient (Wildman–Crippen LogP) is 11.1. The summed E-state index contributed by atoms with van der Waals surface area (Å²) in [6.45, 7) is 0.571. The molecule has 9 aromatic rings. The number of fused-ring (bicyclic) bond motifs is 4. The van der Waals surface area contributed by atoms with Crippen LogP contribution in [-0.4, -0.2) is 22.7 Å². The molecule has 8 aromatic carbocycles. The summed E-state index contributed by atoms with van der Waals surface area (Å²) in [4.78, 5) is 6.49. The largest absolute Gasteiger partial charge is 0.469 e. The Labute approximate surface area is 326 Å². The van der Waals surface area contributed by atoms with E-state index in [0.717, 1.165) is 28.2 Å². The summed E-state index contributed by atoms with van der Waals surface area (Å²) in [5.74, 6) is 1.38. The van der Waals surface area contributed by atoms with E-state index in [2.05, 4.69) is 199 Å². The van der Waals surface area contributed by atoms with Gasteiger partial charge in [0.25, 0.3) is 0 Å². The first-order chi connectivity index (χ1) is 27.2. The molecule has 1 aliphatic rings. The Morgan fingerprint density at radius 3 is 1.78 bits per heavy atom. The van der Waals surface area contributed by atoms with E-state index in [1.165, 1.54) is 53.9 Å². The Bertz CT molecular complexity index is 2770. The maximum atomic E-state index is 5.23. The van der Waals surface area contributed by atoms with Crippen molar-refractivity contribution in [1.29, 1.82) is 0 Å². The van der Waals surface area contributed by atoms with Crippen molar-refractivity contribution in [3.8, 4) is 44.8 Å². The normalized spacial score (nSPS) is 11.7. The van der Waals surface area contributed by atoms with Gasteiger partial charge in [-0.05, 0) is 69.6 Å². The van der Waals surface area contributed by atoms with Gasteiger partial charge < -0.3 is 5.32 Å². The predicted molar refractivity (Wildman–Crippen MR) is 232 cm³/mol. The Morgan fingerprint density at radius 1 is 0.509 bits per heavy atom. The molecule has 1 aliphatic heterocycles. The van der Waals surface area contributed by atoms with Crippen LogP contribution in [-0.2, 0) is 6.54 Å². The molecule has 0 unspecified atom stereocenters. The number of aromatic nitrogens is 3. The first-order valence-corrected chi connectivity index (χ1v) is 21.6. The van der Waals surface area contributed by atoms with Gasteiger partial charge in [-0.15, -0.1) is 5.10 Å². The quantitative estimate of drug-likeness (QED) is 0.150. The summed E-state index contributed by atoms with van der Waals surface area (Å²) >= 11 is 2.01. The van der Waals surface area contributed by atoms with Gasteiger partial charge in [0.15, 0.2) is 5.82 Å². The number of hydrogen-bond acceptors (Lipinski definition) is 4. The van der Waals surface area contributed by atoms with Gasteiger partial charge in [0.2, 0.25) is 5.95 Å². The van der Waals surface area contributed by atoms with Crippen LogP contribution in [0.25, 0.3) is 55.5 Å². The van der Waals surface area contributed by atoms with E-state index in [9.17, 15) is 0 Å². The van der Waals surface area contributed by atoms with Gasteiger partial charge in [-0.1, -0.05) is 158 Å². The van der Waals surface area contributed by atoms with Gasteiger partial charge >= 0.3 is 7.95 Å². The highest BCUT2D eigenvalue weighted by atomic mass is 32.4. The Kier molecular flexibility index (Phi) is 8.67. The zero-order valence-electron chi connectivity index (χ0n) is 29.9. The van der Waals surface area contributed by atoms with Crippen LogP contribution in [0.2, 0.25) is 0 Å². The number of hydrogen-bond donors (Lipinski definition) is 1. The third kappa shape index (κ3) is 6.46. The lowest BCUT2D eigenvalue weighted by atomic mass is 10.0. The van der Waals surface area contributed by atoms with E-state index in [1.807, 2.05) is 15.9 Å². The lowest BCUT2D eigenvalue weighted by molar-refractivity contribution is 0.696. The zero-order valence-corrected chi connectivity index (χ0v) is 31.7. The molecule has 1 aromatic heterocycles.